The number of nitrogens with zero attached hydrogens (tertiary/aromatic N) is 1. The summed E-state index contributed by atoms with van der Waals surface area (Å²) in [6.07, 6.45) is 6.27. The number of halogens is 4. The largest absolute Gasteiger partial charge is 0.416 e. The van der Waals surface area contributed by atoms with Gasteiger partial charge in [-0.3, -0.25) is 0 Å². The van der Waals surface area contributed by atoms with Gasteiger partial charge in [-0.25, -0.2) is 0 Å². The number of benzene rings is 1. The highest BCUT2D eigenvalue weighted by molar-refractivity contribution is 5.24. The van der Waals surface area contributed by atoms with E-state index in [1.54, 1.807) is 6.08 Å². The summed E-state index contributed by atoms with van der Waals surface area (Å²) >= 11 is 0. The van der Waals surface area contributed by atoms with Gasteiger partial charge in [-0.1, -0.05) is 24.3 Å². The Kier molecular flexibility index (Phi) is 8.05. The molecule has 0 atom stereocenters. The van der Waals surface area contributed by atoms with Crippen LogP contribution in [0.1, 0.15) is 49.7 Å². The summed E-state index contributed by atoms with van der Waals surface area (Å²) in [4.78, 5) is 0. The average molecular weight is 381 g/mol. The zero-order chi connectivity index (χ0) is 19.7. The van der Waals surface area contributed by atoms with E-state index in [-0.39, 0.29) is 6.10 Å². The smallest absolute Gasteiger partial charge is 0.374 e. The molecule has 1 aromatic carbocycles. The molecule has 0 aromatic heterocycles. The third kappa shape index (κ3) is 7.56. The molecule has 0 unspecified atom stereocenters. The second-order valence-electron chi connectivity index (χ2n) is 6.78. The van der Waals surface area contributed by atoms with Crippen molar-refractivity contribution in [1.82, 2.24) is 0 Å². The lowest BCUT2D eigenvalue weighted by atomic mass is 9.84. The molecule has 1 aliphatic carbocycles. The summed E-state index contributed by atoms with van der Waals surface area (Å²) in [5.41, 5.74) is 0.0968. The number of hydrogen-bond acceptors (Lipinski definition) is 2. The topological polar surface area (TPSA) is 33.0 Å². The molecule has 1 aromatic rings. The van der Waals surface area contributed by atoms with E-state index < -0.39 is 17.6 Å². The number of nitriles is 1. The zero-order valence-electron chi connectivity index (χ0n) is 15.0. The van der Waals surface area contributed by atoms with Gasteiger partial charge in [0.15, 0.2) is 5.83 Å². The molecule has 1 fully saturated rings. The number of hydrogen-bond donors (Lipinski definition) is 0. The van der Waals surface area contributed by atoms with Crippen LogP contribution in [0, 0.1) is 17.2 Å². The minimum atomic E-state index is -4.31. The summed E-state index contributed by atoms with van der Waals surface area (Å²) in [6, 6.07) is 6.52. The fourth-order valence-corrected chi connectivity index (χ4v) is 3.21. The van der Waals surface area contributed by atoms with E-state index in [0.29, 0.717) is 12.5 Å². The molecule has 0 aliphatic heterocycles. The van der Waals surface area contributed by atoms with Crippen LogP contribution < -0.4 is 0 Å². The third-order valence-corrected chi connectivity index (χ3v) is 4.79. The molecule has 0 N–H and O–H groups in total. The van der Waals surface area contributed by atoms with Gasteiger partial charge in [0.05, 0.1) is 18.3 Å². The lowest BCUT2D eigenvalue weighted by Crippen LogP contribution is -2.21. The number of ether oxygens (including phenoxy) is 1. The van der Waals surface area contributed by atoms with Crippen LogP contribution in [0.5, 0.6) is 0 Å². The van der Waals surface area contributed by atoms with Gasteiger partial charge in [0, 0.05) is 0 Å². The fourth-order valence-electron chi connectivity index (χ4n) is 3.21. The van der Waals surface area contributed by atoms with E-state index in [0.717, 1.165) is 62.3 Å². The van der Waals surface area contributed by atoms with E-state index in [1.807, 2.05) is 6.08 Å². The Morgan fingerprint density at radius 1 is 1.15 bits per heavy atom. The molecule has 6 heteroatoms. The van der Waals surface area contributed by atoms with Crippen LogP contribution in [0.25, 0.3) is 0 Å². The first-order valence-electron chi connectivity index (χ1n) is 9.08. The van der Waals surface area contributed by atoms with Crippen molar-refractivity contribution in [1.29, 1.82) is 5.26 Å². The second-order valence-corrected chi connectivity index (χ2v) is 6.78. The maximum Gasteiger partial charge on any atom is 0.416 e. The van der Waals surface area contributed by atoms with Gasteiger partial charge < -0.3 is 4.74 Å². The Morgan fingerprint density at radius 3 is 2.41 bits per heavy atom. The van der Waals surface area contributed by atoms with Crippen molar-refractivity contribution in [3.05, 3.63) is 59.4 Å². The van der Waals surface area contributed by atoms with Crippen LogP contribution in [0.3, 0.4) is 0 Å². The van der Waals surface area contributed by atoms with Crippen molar-refractivity contribution in [3.8, 4) is 6.07 Å². The van der Waals surface area contributed by atoms with E-state index in [2.05, 4.69) is 0 Å². The molecular formula is C21H23F4NO. The summed E-state index contributed by atoms with van der Waals surface area (Å²) in [6.45, 7) is 0.326. The Morgan fingerprint density at radius 2 is 1.81 bits per heavy atom. The number of allylic oxidation sites excluding steroid dienone is 4. The monoisotopic (exact) mass is 381 g/mol. The molecule has 1 saturated carbocycles. The van der Waals surface area contributed by atoms with Gasteiger partial charge in [-0.2, -0.15) is 22.8 Å². The van der Waals surface area contributed by atoms with E-state index >= 15 is 0 Å². The predicted molar refractivity (Wildman–Crippen MR) is 95.2 cm³/mol. The Labute approximate surface area is 157 Å². The van der Waals surface area contributed by atoms with Crippen molar-refractivity contribution >= 4 is 0 Å². The molecule has 2 nitrogen and oxygen atoms in total. The van der Waals surface area contributed by atoms with E-state index in [1.165, 1.54) is 18.2 Å². The molecule has 1 aliphatic rings. The Balaban J connectivity index is 1.65. The molecule has 146 valence electrons. The highest BCUT2D eigenvalue weighted by Gasteiger charge is 2.30. The van der Waals surface area contributed by atoms with Crippen LogP contribution in [0.4, 0.5) is 17.6 Å². The molecular weight excluding hydrogens is 358 g/mol. The Hall–Kier alpha value is -2.13. The van der Waals surface area contributed by atoms with Crippen molar-refractivity contribution < 1.29 is 22.3 Å². The molecule has 0 saturated heterocycles. The second kappa shape index (κ2) is 10.3. The van der Waals surface area contributed by atoms with Gasteiger partial charge in [0.2, 0.25) is 0 Å². The van der Waals surface area contributed by atoms with Gasteiger partial charge in [0.25, 0.3) is 0 Å². The van der Waals surface area contributed by atoms with Gasteiger partial charge in [-0.05, 0) is 68.2 Å². The normalized spacial score (nSPS) is 21.4. The first-order chi connectivity index (χ1) is 12.9. The Bertz CT molecular complexity index is 678. The van der Waals surface area contributed by atoms with Gasteiger partial charge in [0.1, 0.15) is 6.07 Å². The standard InChI is InChI=1S/C21H23F4NO/c22-19(14-26)5-3-1-2-4-16-8-12-20(13-9-16)27-15-17-6-10-18(11-7-17)21(23,24)25/h1,3,5-7,10-11,16,20H,2,4,8-9,12-13,15H2/b3-1+,19-5-. The number of alkyl halides is 3. The van der Waals surface area contributed by atoms with E-state index in [9.17, 15) is 17.6 Å². The highest BCUT2D eigenvalue weighted by atomic mass is 19.4. The lowest BCUT2D eigenvalue weighted by Gasteiger charge is -2.28. The van der Waals surface area contributed by atoms with Crippen molar-refractivity contribution in [3.63, 3.8) is 0 Å². The van der Waals surface area contributed by atoms with Crippen LogP contribution in [0.15, 0.2) is 48.3 Å². The summed E-state index contributed by atoms with van der Waals surface area (Å²) in [7, 11) is 0. The molecule has 2 rings (SSSR count). The summed E-state index contributed by atoms with van der Waals surface area (Å²) < 4.78 is 56.1. The molecule has 0 bridgehead atoms. The van der Waals surface area contributed by atoms with Crippen LogP contribution >= 0.6 is 0 Å². The van der Waals surface area contributed by atoms with Crippen molar-refractivity contribution in [2.75, 3.05) is 0 Å². The molecule has 0 amide bonds. The lowest BCUT2D eigenvalue weighted by molar-refractivity contribution is -0.137. The van der Waals surface area contributed by atoms with Gasteiger partial charge >= 0.3 is 6.18 Å². The SMILES string of the molecule is N#C/C(F)=C/C=C/CCC1CCC(OCc2ccc(C(F)(F)F)cc2)CC1. The molecule has 27 heavy (non-hydrogen) atoms. The number of rotatable bonds is 7. The quantitative estimate of drug-likeness (QED) is 0.307. The first kappa shape index (κ1) is 21.2. The maximum atomic E-state index is 12.6. The minimum Gasteiger partial charge on any atom is -0.374 e. The van der Waals surface area contributed by atoms with Crippen LogP contribution in [0.2, 0.25) is 0 Å². The first-order valence-corrected chi connectivity index (χ1v) is 9.08. The summed E-state index contributed by atoms with van der Waals surface area (Å²) in [5, 5.41) is 8.30. The zero-order valence-corrected chi connectivity index (χ0v) is 15.0. The fraction of sp³-hybridized carbons (Fsp3) is 0.476. The maximum absolute atomic E-state index is 12.6. The molecule has 0 spiro atoms. The summed E-state index contributed by atoms with van der Waals surface area (Å²) in [5.74, 6) is -0.192. The van der Waals surface area contributed by atoms with Crippen molar-refractivity contribution in [2.24, 2.45) is 5.92 Å². The van der Waals surface area contributed by atoms with Crippen LogP contribution in [-0.2, 0) is 17.5 Å². The minimum absolute atomic E-state index is 0.145. The molecule has 0 heterocycles. The van der Waals surface area contributed by atoms with Crippen LogP contribution in [-0.4, -0.2) is 6.10 Å². The van der Waals surface area contributed by atoms with Crippen molar-refractivity contribution in [2.45, 2.75) is 57.4 Å². The van der Waals surface area contributed by atoms with E-state index in [4.69, 9.17) is 10.00 Å². The average Bonchev–Trinajstić information content (AvgIpc) is 2.66. The highest BCUT2D eigenvalue weighted by Crippen LogP contribution is 2.31. The molecule has 0 radical (unpaired) electrons. The predicted octanol–water partition coefficient (Wildman–Crippen LogP) is 6.49. The third-order valence-electron chi connectivity index (χ3n) is 4.79. The van der Waals surface area contributed by atoms with Gasteiger partial charge in [-0.15, -0.1) is 0 Å².